The standard InChI is InChI=1S/C50H31N5S/c1-4-16-32(17-5-1)36-22-10-11-23-37(36)35-30-40(49-53-47(33-18-6-2-7-19-33)52-48(54-49)34-20-8-3-9-21-34)50(51-31-35)55-41-26-14-12-24-38(41)45-42(55)28-29-44-46(45)39-25-13-15-27-43(39)56-44/h1-31H. The summed E-state index contributed by atoms with van der Waals surface area (Å²) in [6.45, 7) is 0. The zero-order chi connectivity index (χ0) is 37.0. The second-order valence-electron chi connectivity index (χ2n) is 13.8. The summed E-state index contributed by atoms with van der Waals surface area (Å²) in [5, 5.41) is 4.92. The van der Waals surface area contributed by atoms with Crippen LogP contribution in [0.15, 0.2) is 188 Å². The molecule has 0 aliphatic carbocycles. The first-order chi connectivity index (χ1) is 27.8. The molecule has 11 aromatic rings. The Balaban J connectivity index is 1.24. The van der Waals surface area contributed by atoms with Crippen LogP contribution in [0.4, 0.5) is 0 Å². The van der Waals surface area contributed by atoms with Gasteiger partial charge in [0.1, 0.15) is 5.82 Å². The van der Waals surface area contributed by atoms with E-state index in [1.165, 1.54) is 30.9 Å². The number of nitrogens with zero attached hydrogens (tertiary/aromatic N) is 5. The highest BCUT2D eigenvalue weighted by molar-refractivity contribution is 7.26. The Hall–Kier alpha value is -7.28. The predicted molar refractivity (Wildman–Crippen MR) is 232 cm³/mol. The van der Waals surface area contributed by atoms with E-state index in [0.717, 1.165) is 55.8 Å². The smallest absolute Gasteiger partial charge is 0.167 e. The van der Waals surface area contributed by atoms with Crippen molar-refractivity contribution < 1.29 is 0 Å². The number of aromatic nitrogens is 5. The molecule has 6 heteroatoms. The topological polar surface area (TPSA) is 56.5 Å². The molecule has 0 bridgehead atoms. The van der Waals surface area contributed by atoms with Crippen LogP contribution < -0.4 is 0 Å². The molecule has 0 saturated carbocycles. The Kier molecular flexibility index (Phi) is 7.60. The number of thiophene rings is 1. The zero-order valence-corrected chi connectivity index (χ0v) is 30.9. The number of para-hydroxylation sites is 1. The molecule has 0 amide bonds. The van der Waals surface area contributed by atoms with E-state index in [0.29, 0.717) is 17.5 Å². The molecular formula is C50H31N5S. The molecule has 0 aliphatic heterocycles. The second-order valence-corrected chi connectivity index (χ2v) is 14.9. The molecule has 0 unspecified atom stereocenters. The third-order valence-electron chi connectivity index (χ3n) is 10.5. The van der Waals surface area contributed by atoms with Crippen LogP contribution in [-0.4, -0.2) is 24.5 Å². The summed E-state index contributed by atoms with van der Waals surface area (Å²) in [6, 6.07) is 63.4. The Morgan fingerprint density at radius 1 is 0.375 bits per heavy atom. The van der Waals surface area contributed by atoms with Crippen LogP contribution in [0.1, 0.15) is 0 Å². The first-order valence-electron chi connectivity index (χ1n) is 18.6. The van der Waals surface area contributed by atoms with E-state index in [-0.39, 0.29) is 0 Å². The van der Waals surface area contributed by atoms with E-state index in [9.17, 15) is 0 Å². The summed E-state index contributed by atoms with van der Waals surface area (Å²) in [5.74, 6) is 2.50. The van der Waals surface area contributed by atoms with Gasteiger partial charge in [0.15, 0.2) is 17.5 Å². The molecule has 4 heterocycles. The van der Waals surface area contributed by atoms with Crippen molar-refractivity contribution in [3.63, 3.8) is 0 Å². The number of benzene rings is 7. The van der Waals surface area contributed by atoms with Crippen molar-refractivity contribution in [2.45, 2.75) is 0 Å². The first kappa shape index (κ1) is 32.2. The van der Waals surface area contributed by atoms with E-state index in [4.69, 9.17) is 19.9 Å². The highest BCUT2D eigenvalue weighted by Crippen LogP contribution is 2.44. The molecule has 262 valence electrons. The van der Waals surface area contributed by atoms with Crippen LogP contribution in [0.3, 0.4) is 0 Å². The van der Waals surface area contributed by atoms with E-state index >= 15 is 0 Å². The van der Waals surface area contributed by atoms with Gasteiger partial charge in [0.2, 0.25) is 0 Å². The molecule has 0 N–H and O–H groups in total. The SMILES string of the molecule is c1ccc(-c2nc(-c3ccccc3)nc(-c3cc(-c4ccccc4-c4ccccc4)cnc3-n3c4ccccc4c4c5c(ccc43)sc3ccccc35)n2)cc1. The Bertz CT molecular complexity index is 3190. The largest absolute Gasteiger partial charge is 0.293 e. The summed E-state index contributed by atoms with van der Waals surface area (Å²) >= 11 is 1.84. The molecule has 0 radical (unpaired) electrons. The summed E-state index contributed by atoms with van der Waals surface area (Å²) in [4.78, 5) is 21.0. The number of pyridine rings is 1. The number of rotatable bonds is 6. The van der Waals surface area contributed by atoms with Gasteiger partial charge in [0, 0.05) is 53.8 Å². The van der Waals surface area contributed by atoms with Crippen molar-refractivity contribution in [2.24, 2.45) is 0 Å². The predicted octanol–water partition coefficient (Wildman–Crippen LogP) is 13.1. The quantitative estimate of drug-likeness (QED) is 0.171. The minimum absolute atomic E-state index is 0.548. The average Bonchev–Trinajstić information content (AvgIpc) is 3.83. The van der Waals surface area contributed by atoms with E-state index in [1.54, 1.807) is 0 Å². The number of hydrogen-bond donors (Lipinski definition) is 0. The lowest BCUT2D eigenvalue weighted by Gasteiger charge is -2.16. The second kappa shape index (κ2) is 13.2. The highest BCUT2D eigenvalue weighted by Gasteiger charge is 2.23. The van der Waals surface area contributed by atoms with Crippen molar-refractivity contribution >= 4 is 53.3 Å². The third-order valence-corrected chi connectivity index (χ3v) is 11.7. The zero-order valence-electron chi connectivity index (χ0n) is 30.0. The van der Waals surface area contributed by atoms with Crippen molar-refractivity contribution in [1.82, 2.24) is 24.5 Å². The molecule has 0 spiro atoms. The van der Waals surface area contributed by atoms with Crippen molar-refractivity contribution in [3.05, 3.63) is 188 Å². The van der Waals surface area contributed by atoms with Gasteiger partial charge in [0.25, 0.3) is 0 Å². The number of hydrogen-bond acceptors (Lipinski definition) is 5. The molecular weight excluding hydrogens is 703 g/mol. The van der Waals surface area contributed by atoms with Crippen LogP contribution in [0.2, 0.25) is 0 Å². The van der Waals surface area contributed by atoms with Gasteiger partial charge >= 0.3 is 0 Å². The molecule has 4 aromatic heterocycles. The van der Waals surface area contributed by atoms with Gasteiger partial charge in [-0.15, -0.1) is 11.3 Å². The summed E-state index contributed by atoms with van der Waals surface area (Å²) in [7, 11) is 0. The molecule has 5 nitrogen and oxygen atoms in total. The van der Waals surface area contributed by atoms with E-state index in [2.05, 4.69) is 120 Å². The van der Waals surface area contributed by atoms with E-state index in [1.807, 2.05) is 84.3 Å². The van der Waals surface area contributed by atoms with Crippen molar-refractivity contribution in [1.29, 1.82) is 0 Å². The van der Waals surface area contributed by atoms with Gasteiger partial charge in [-0.3, -0.25) is 4.57 Å². The van der Waals surface area contributed by atoms with Crippen LogP contribution in [0.25, 0.3) is 104 Å². The summed E-state index contributed by atoms with van der Waals surface area (Å²) < 4.78 is 4.84. The lowest BCUT2D eigenvalue weighted by atomic mass is 9.94. The van der Waals surface area contributed by atoms with Gasteiger partial charge in [-0.05, 0) is 47.0 Å². The van der Waals surface area contributed by atoms with E-state index < -0.39 is 0 Å². The van der Waals surface area contributed by atoms with Crippen molar-refractivity contribution in [3.8, 4) is 62.2 Å². The lowest BCUT2D eigenvalue weighted by molar-refractivity contribution is 1.04. The maximum absolute atomic E-state index is 5.41. The molecule has 0 aliphatic rings. The summed E-state index contributed by atoms with van der Waals surface area (Å²) in [6.07, 6.45) is 2.00. The van der Waals surface area contributed by atoms with Gasteiger partial charge in [-0.1, -0.05) is 152 Å². The maximum Gasteiger partial charge on any atom is 0.167 e. The Labute approximate surface area is 326 Å². The monoisotopic (exact) mass is 733 g/mol. The van der Waals surface area contributed by atoms with Gasteiger partial charge < -0.3 is 0 Å². The number of fused-ring (bicyclic) bond motifs is 7. The molecule has 0 saturated heterocycles. The van der Waals surface area contributed by atoms with Crippen LogP contribution >= 0.6 is 11.3 Å². The van der Waals surface area contributed by atoms with Gasteiger partial charge in [-0.25, -0.2) is 19.9 Å². The average molecular weight is 734 g/mol. The van der Waals surface area contributed by atoms with Crippen LogP contribution in [0.5, 0.6) is 0 Å². The third kappa shape index (κ3) is 5.30. The van der Waals surface area contributed by atoms with Crippen LogP contribution in [-0.2, 0) is 0 Å². The highest BCUT2D eigenvalue weighted by atomic mass is 32.1. The molecule has 7 aromatic carbocycles. The fourth-order valence-electron chi connectivity index (χ4n) is 7.98. The molecule has 56 heavy (non-hydrogen) atoms. The normalized spacial score (nSPS) is 11.6. The lowest BCUT2D eigenvalue weighted by Crippen LogP contribution is -2.06. The minimum atomic E-state index is 0.548. The van der Waals surface area contributed by atoms with Crippen molar-refractivity contribution in [2.75, 3.05) is 0 Å². The molecule has 11 rings (SSSR count). The Morgan fingerprint density at radius 2 is 0.929 bits per heavy atom. The minimum Gasteiger partial charge on any atom is -0.293 e. The molecule has 0 atom stereocenters. The maximum atomic E-state index is 5.41. The Morgan fingerprint density at radius 3 is 1.62 bits per heavy atom. The molecule has 0 fully saturated rings. The fraction of sp³-hybridized carbons (Fsp3) is 0. The fourth-order valence-corrected chi connectivity index (χ4v) is 9.10. The summed E-state index contributed by atoms with van der Waals surface area (Å²) in [5.41, 5.74) is 9.09. The van der Waals surface area contributed by atoms with Crippen LogP contribution in [0, 0.1) is 0 Å². The van der Waals surface area contributed by atoms with Gasteiger partial charge in [0.05, 0.1) is 16.6 Å². The van der Waals surface area contributed by atoms with Gasteiger partial charge in [-0.2, -0.15) is 0 Å². The first-order valence-corrected chi connectivity index (χ1v) is 19.5.